The molecule has 2 aromatic rings. The van der Waals surface area contributed by atoms with Crippen molar-refractivity contribution in [3.05, 3.63) is 54.0 Å². The average molecular weight is 246 g/mol. The van der Waals surface area contributed by atoms with Gasteiger partial charge in [-0.25, -0.2) is 9.37 Å². The van der Waals surface area contributed by atoms with Crippen molar-refractivity contribution in [1.82, 2.24) is 4.98 Å². The van der Waals surface area contributed by atoms with Crippen LogP contribution >= 0.6 is 0 Å². The fourth-order valence-electron chi connectivity index (χ4n) is 1.42. The molecule has 4 nitrogen and oxygen atoms in total. The molecule has 18 heavy (non-hydrogen) atoms. The normalized spacial score (nSPS) is 9.89. The quantitative estimate of drug-likeness (QED) is 0.905. The second-order valence-corrected chi connectivity index (χ2v) is 3.52. The second kappa shape index (κ2) is 5.27. The van der Waals surface area contributed by atoms with Gasteiger partial charge in [-0.1, -0.05) is 12.1 Å². The van der Waals surface area contributed by atoms with Crippen LogP contribution in [0.3, 0.4) is 0 Å². The highest BCUT2D eigenvalue weighted by molar-refractivity contribution is 6.04. The van der Waals surface area contributed by atoms with Crippen LogP contribution in [0.25, 0.3) is 0 Å². The van der Waals surface area contributed by atoms with E-state index in [-0.39, 0.29) is 5.56 Å². The number of aromatic nitrogens is 1. The smallest absolute Gasteiger partial charge is 0.258 e. The van der Waals surface area contributed by atoms with Crippen molar-refractivity contribution in [3.8, 4) is 5.88 Å². The number of rotatable bonds is 3. The predicted octanol–water partition coefficient (Wildman–Crippen LogP) is 2.48. The fraction of sp³-hybridized carbons (Fsp3) is 0.0769. The van der Waals surface area contributed by atoms with Crippen molar-refractivity contribution in [1.29, 1.82) is 0 Å². The van der Waals surface area contributed by atoms with Gasteiger partial charge in [0.1, 0.15) is 5.82 Å². The number of pyridine rings is 1. The Kier molecular flexibility index (Phi) is 3.52. The third-order valence-corrected chi connectivity index (χ3v) is 2.32. The van der Waals surface area contributed by atoms with Crippen LogP contribution in [0.2, 0.25) is 0 Å². The topological polar surface area (TPSA) is 51.2 Å². The molecule has 1 aromatic carbocycles. The zero-order chi connectivity index (χ0) is 13.0. The Bertz CT molecular complexity index is 555. The van der Waals surface area contributed by atoms with Crippen molar-refractivity contribution in [2.75, 3.05) is 12.4 Å². The molecule has 0 fully saturated rings. The number of amides is 1. The summed E-state index contributed by atoms with van der Waals surface area (Å²) < 4.78 is 18.3. The van der Waals surface area contributed by atoms with E-state index in [2.05, 4.69) is 10.3 Å². The van der Waals surface area contributed by atoms with Crippen LogP contribution in [0, 0.1) is 5.82 Å². The zero-order valence-corrected chi connectivity index (χ0v) is 9.68. The van der Waals surface area contributed by atoms with Crippen molar-refractivity contribution in [2.24, 2.45) is 0 Å². The van der Waals surface area contributed by atoms with Gasteiger partial charge in [-0.3, -0.25) is 4.79 Å². The van der Waals surface area contributed by atoms with Crippen LogP contribution in [0.1, 0.15) is 10.4 Å². The number of methoxy groups -OCH3 is 1. The van der Waals surface area contributed by atoms with Crippen LogP contribution in [0.4, 0.5) is 10.1 Å². The molecule has 0 saturated carbocycles. The Balaban J connectivity index is 2.14. The van der Waals surface area contributed by atoms with Gasteiger partial charge in [0.2, 0.25) is 5.88 Å². The Morgan fingerprint density at radius 1 is 1.28 bits per heavy atom. The van der Waals surface area contributed by atoms with Gasteiger partial charge in [0, 0.05) is 6.07 Å². The molecule has 2 rings (SSSR count). The maximum Gasteiger partial charge on any atom is 0.258 e. The SMILES string of the molecule is COc1ccc(NC(=O)c2ccccc2F)cn1. The Morgan fingerprint density at radius 2 is 2.06 bits per heavy atom. The molecule has 0 aliphatic carbocycles. The monoisotopic (exact) mass is 246 g/mol. The molecule has 0 saturated heterocycles. The summed E-state index contributed by atoms with van der Waals surface area (Å²) in [5.74, 6) is -0.629. The summed E-state index contributed by atoms with van der Waals surface area (Å²) in [6.45, 7) is 0. The lowest BCUT2D eigenvalue weighted by atomic mass is 10.2. The van der Waals surface area contributed by atoms with Crippen molar-refractivity contribution in [3.63, 3.8) is 0 Å². The number of anilines is 1. The number of halogens is 1. The first-order chi connectivity index (χ1) is 8.70. The van der Waals surface area contributed by atoms with E-state index < -0.39 is 11.7 Å². The number of hydrogen-bond acceptors (Lipinski definition) is 3. The first-order valence-electron chi connectivity index (χ1n) is 5.26. The number of carbonyl (C=O) groups is 1. The van der Waals surface area contributed by atoms with Crippen LogP contribution in [0.5, 0.6) is 5.88 Å². The highest BCUT2D eigenvalue weighted by Gasteiger charge is 2.10. The molecule has 0 aliphatic rings. The lowest BCUT2D eigenvalue weighted by Crippen LogP contribution is -2.13. The summed E-state index contributed by atoms with van der Waals surface area (Å²) in [7, 11) is 1.50. The minimum atomic E-state index is -0.559. The first-order valence-corrected chi connectivity index (χ1v) is 5.26. The number of nitrogens with one attached hydrogen (secondary N) is 1. The van der Waals surface area contributed by atoms with E-state index >= 15 is 0 Å². The first kappa shape index (κ1) is 12.0. The van der Waals surface area contributed by atoms with Gasteiger partial charge in [0.25, 0.3) is 5.91 Å². The minimum Gasteiger partial charge on any atom is -0.481 e. The molecule has 1 heterocycles. The van der Waals surface area contributed by atoms with Gasteiger partial charge in [-0.2, -0.15) is 0 Å². The summed E-state index contributed by atoms with van der Waals surface area (Å²) in [5, 5.41) is 2.55. The fourth-order valence-corrected chi connectivity index (χ4v) is 1.42. The van der Waals surface area contributed by atoms with E-state index in [1.807, 2.05) is 0 Å². The predicted molar refractivity (Wildman–Crippen MR) is 65.1 cm³/mol. The average Bonchev–Trinajstić information content (AvgIpc) is 2.40. The molecule has 1 aromatic heterocycles. The van der Waals surface area contributed by atoms with Gasteiger partial charge in [-0.15, -0.1) is 0 Å². The third-order valence-electron chi connectivity index (χ3n) is 2.32. The van der Waals surface area contributed by atoms with E-state index in [1.165, 1.54) is 31.5 Å². The van der Waals surface area contributed by atoms with Crippen molar-refractivity contribution >= 4 is 11.6 Å². The number of nitrogens with zero attached hydrogens (tertiary/aromatic N) is 1. The maximum atomic E-state index is 13.4. The summed E-state index contributed by atoms with van der Waals surface area (Å²) in [4.78, 5) is 15.7. The summed E-state index contributed by atoms with van der Waals surface area (Å²) in [5.41, 5.74) is 0.470. The Labute approximate surface area is 103 Å². The van der Waals surface area contributed by atoms with Gasteiger partial charge in [0.15, 0.2) is 0 Å². The second-order valence-electron chi connectivity index (χ2n) is 3.52. The summed E-state index contributed by atoms with van der Waals surface area (Å²) >= 11 is 0. The standard InChI is InChI=1S/C13H11FN2O2/c1-18-12-7-6-9(8-15-12)16-13(17)10-4-2-3-5-11(10)14/h2-8H,1H3,(H,16,17). The highest BCUT2D eigenvalue weighted by Crippen LogP contribution is 2.13. The molecule has 0 atom stereocenters. The number of carbonyl (C=O) groups excluding carboxylic acids is 1. The molecule has 0 bridgehead atoms. The highest BCUT2D eigenvalue weighted by atomic mass is 19.1. The van der Waals surface area contributed by atoms with E-state index in [1.54, 1.807) is 18.2 Å². The third kappa shape index (κ3) is 2.63. The van der Waals surface area contributed by atoms with Gasteiger partial charge >= 0.3 is 0 Å². The van der Waals surface area contributed by atoms with Crippen molar-refractivity contribution in [2.45, 2.75) is 0 Å². The molecule has 0 aliphatic heterocycles. The lowest BCUT2D eigenvalue weighted by molar-refractivity contribution is 0.102. The number of benzene rings is 1. The molecule has 0 unspecified atom stereocenters. The van der Waals surface area contributed by atoms with Gasteiger partial charge in [0.05, 0.1) is 24.6 Å². The van der Waals surface area contributed by atoms with Crippen molar-refractivity contribution < 1.29 is 13.9 Å². The molecular formula is C13H11FN2O2. The van der Waals surface area contributed by atoms with Crippen LogP contribution in [-0.4, -0.2) is 18.0 Å². The van der Waals surface area contributed by atoms with E-state index in [4.69, 9.17) is 4.74 Å². The molecule has 0 spiro atoms. The summed E-state index contributed by atoms with van der Waals surface area (Å²) in [6.07, 6.45) is 1.44. The molecule has 0 radical (unpaired) electrons. The Morgan fingerprint density at radius 3 is 2.67 bits per heavy atom. The minimum absolute atomic E-state index is 0.00619. The van der Waals surface area contributed by atoms with Gasteiger partial charge in [-0.05, 0) is 18.2 Å². The van der Waals surface area contributed by atoms with E-state index in [9.17, 15) is 9.18 Å². The zero-order valence-electron chi connectivity index (χ0n) is 9.68. The van der Waals surface area contributed by atoms with Gasteiger partial charge < -0.3 is 10.1 Å². The maximum absolute atomic E-state index is 13.4. The number of hydrogen-bond donors (Lipinski definition) is 1. The number of ether oxygens (including phenoxy) is 1. The Hall–Kier alpha value is -2.43. The summed E-state index contributed by atoms with van der Waals surface area (Å²) in [6, 6.07) is 9.02. The molecule has 1 amide bonds. The van der Waals surface area contributed by atoms with E-state index in [0.29, 0.717) is 11.6 Å². The molecule has 92 valence electrons. The van der Waals surface area contributed by atoms with Crippen LogP contribution in [-0.2, 0) is 0 Å². The molecule has 1 N–H and O–H groups in total. The largest absolute Gasteiger partial charge is 0.481 e. The lowest BCUT2D eigenvalue weighted by Gasteiger charge is -2.06. The van der Waals surface area contributed by atoms with Crippen LogP contribution < -0.4 is 10.1 Å². The van der Waals surface area contributed by atoms with Crippen LogP contribution in [0.15, 0.2) is 42.6 Å². The molecule has 5 heteroatoms. The molecular weight excluding hydrogens is 235 g/mol. The van der Waals surface area contributed by atoms with E-state index in [0.717, 1.165) is 0 Å².